The summed E-state index contributed by atoms with van der Waals surface area (Å²) in [6, 6.07) is 5.12. The topological polar surface area (TPSA) is 60.2 Å². The van der Waals surface area contributed by atoms with Crippen LogP contribution in [0.5, 0.6) is 0 Å². The lowest BCUT2D eigenvalue weighted by Crippen LogP contribution is -2.24. The highest BCUT2D eigenvalue weighted by Crippen LogP contribution is 2.33. The van der Waals surface area contributed by atoms with E-state index in [-0.39, 0.29) is 34.8 Å². The monoisotopic (exact) mass is 464 g/mol. The van der Waals surface area contributed by atoms with Crippen LogP contribution >= 0.6 is 11.6 Å². The first-order chi connectivity index (χ1) is 15.4. The van der Waals surface area contributed by atoms with Crippen molar-refractivity contribution >= 4 is 28.8 Å². The molecule has 170 valence electrons. The SMILES string of the molecule is CN(CCN=C1Cc2c(/C(Cc3ccc(F)c(Cl)c3)=N/O)cc(F)c(F)c2N1)CC1CC1. The molecule has 0 radical (unpaired) electrons. The number of nitrogens with zero attached hydrogens (tertiary/aromatic N) is 3. The first kappa shape index (κ1) is 22.6. The van der Waals surface area contributed by atoms with Crippen molar-refractivity contribution in [3.63, 3.8) is 0 Å². The van der Waals surface area contributed by atoms with Crippen molar-refractivity contribution in [1.29, 1.82) is 0 Å². The highest BCUT2D eigenvalue weighted by Gasteiger charge is 2.28. The first-order valence-corrected chi connectivity index (χ1v) is 10.9. The Labute approximate surface area is 189 Å². The third kappa shape index (κ3) is 5.07. The second-order valence-corrected chi connectivity index (χ2v) is 8.79. The molecule has 32 heavy (non-hydrogen) atoms. The fourth-order valence-corrected chi connectivity index (χ4v) is 4.11. The number of anilines is 1. The van der Waals surface area contributed by atoms with Crippen molar-refractivity contribution in [2.45, 2.75) is 25.7 Å². The third-order valence-corrected chi connectivity index (χ3v) is 6.07. The molecule has 2 aromatic rings. The van der Waals surface area contributed by atoms with Gasteiger partial charge in [-0.1, -0.05) is 22.8 Å². The minimum absolute atomic E-state index is 0.00312. The lowest BCUT2D eigenvalue weighted by Gasteiger charge is -2.14. The van der Waals surface area contributed by atoms with Gasteiger partial charge in [-0.05, 0) is 55.1 Å². The van der Waals surface area contributed by atoms with Gasteiger partial charge in [0.1, 0.15) is 11.7 Å². The lowest BCUT2D eigenvalue weighted by atomic mass is 9.95. The predicted octanol–water partition coefficient (Wildman–Crippen LogP) is 4.89. The summed E-state index contributed by atoms with van der Waals surface area (Å²) in [6.07, 6.45) is 2.88. The molecule has 2 N–H and O–H groups in total. The van der Waals surface area contributed by atoms with Crippen LogP contribution in [0.25, 0.3) is 0 Å². The molecule has 0 amide bonds. The van der Waals surface area contributed by atoms with Crippen LogP contribution in [-0.2, 0) is 12.8 Å². The number of oxime groups is 1. The van der Waals surface area contributed by atoms with Gasteiger partial charge in [-0.25, -0.2) is 13.2 Å². The van der Waals surface area contributed by atoms with Gasteiger partial charge in [-0.15, -0.1) is 0 Å². The van der Waals surface area contributed by atoms with Crippen molar-refractivity contribution in [2.75, 3.05) is 32.0 Å². The van der Waals surface area contributed by atoms with Gasteiger partial charge in [0.05, 0.1) is 23.0 Å². The number of amidine groups is 1. The molecule has 1 saturated carbocycles. The van der Waals surface area contributed by atoms with Crippen molar-refractivity contribution < 1.29 is 18.4 Å². The van der Waals surface area contributed by atoms with Crippen molar-refractivity contribution in [1.82, 2.24) is 4.90 Å². The Morgan fingerprint density at radius 3 is 2.69 bits per heavy atom. The molecule has 0 aromatic heterocycles. The van der Waals surface area contributed by atoms with Crippen LogP contribution in [0.1, 0.15) is 29.5 Å². The molecule has 0 unspecified atom stereocenters. The molecule has 2 aromatic carbocycles. The summed E-state index contributed by atoms with van der Waals surface area (Å²) in [6.45, 7) is 2.36. The fraction of sp³-hybridized carbons (Fsp3) is 0.391. The first-order valence-electron chi connectivity index (χ1n) is 10.5. The maximum atomic E-state index is 14.5. The van der Waals surface area contributed by atoms with Crippen LogP contribution in [-0.4, -0.2) is 48.3 Å². The van der Waals surface area contributed by atoms with E-state index in [1.807, 2.05) is 7.05 Å². The zero-order chi connectivity index (χ0) is 22.8. The molecule has 5 nitrogen and oxygen atoms in total. The number of nitrogens with one attached hydrogen (secondary N) is 1. The van der Waals surface area contributed by atoms with Crippen molar-refractivity contribution in [3.05, 3.63) is 63.4 Å². The summed E-state index contributed by atoms with van der Waals surface area (Å²) >= 11 is 5.83. The maximum Gasteiger partial charge on any atom is 0.182 e. The van der Waals surface area contributed by atoms with E-state index in [0.29, 0.717) is 23.5 Å². The zero-order valence-corrected chi connectivity index (χ0v) is 18.4. The number of hydrogen-bond donors (Lipinski definition) is 2. The summed E-state index contributed by atoms with van der Waals surface area (Å²) < 4.78 is 42.3. The quantitative estimate of drug-likeness (QED) is 0.332. The van der Waals surface area contributed by atoms with E-state index >= 15 is 0 Å². The van der Waals surface area contributed by atoms with Gasteiger partial charge in [0, 0.05) is 31.5 Å². The highest BCUT2D eigenvalue weighted by atomic mass is 35.5. The summed E-state index contributed by atoms with van der Waals surface area (Å²) in [5.41, 5.74) is 1.43. The molecular weight excluding hydrogens is 441 g/mol. The number of aliphatic imine (C=N–C) groups is 1. The van der Waals surface area contributed by atoms with Crippen LogP contribution in [0.2, 0.25) is 5.02 Å². The predicted molar refractivity (Wildman–Crippen MR) is 120 cm³/mol. The molecule has 1 aliphatic heterocycles. The number of rotatable bonds is 8. The Bertz CT molecular complexity index is 1090. The van der Waals surface area contributed by atoms with Crippen molar-refractivity contribution in [2.24, 2.45) is 16.1 Å². The van der Waals surface area contributed by atoms with Crippen LogP contribution in [0, 0.1) is 23.4 Å². The van der Waals surface area contributed by atoms with E-state index in [9.17, 15) is 18.4 Å². The van der Waals surface area contributed by atoms with Crippen LogP contribution in [0.15, 0.2) is 34.4 Å². The van der Waals surface area contributed by atoms with Gasteiger partial charge in [0.25, 0.3) is 0 Å². The number of halogens is 4. The molecule has 0 saturated heterocycles. The Hall–Kier alpha value is -2.58. The Balaban J connectivity index is 1.53. The summed E-state index contributed by atoms with van der Waals surface area (Å²) in [5, 5.41) is 15.7. The highest BCUT2D eigenvalue weighted by molar-refractivity contribution is 6.30. The second-order valence-electron chi connectivity index (χ2n) is 8.38. The third-order valence-electron chi connectivity index (χ3n) is 5.78. The van der Waals surface area contributed by atoms with Gasteiger partial charge >= 0.3 is 0 Å². The fourth-order valence-electron chi connectivity index (χ4n) is 3.90. The largest absolute Gasteiger partial charge is 0.411 e. The van der Waals surface area contributed by atoms with E-state index < -0.39 is 17.5 Å². The Kier molecular flexibility index (Phi) is 6.71. The van der Waals surface area contributed by atoms with Crippen LogP contribution in [0.3, 0.4) is 0 Å². The van der Waals surface area contributed by atoms with Crippen LogP contribution in [0.4, 0.5) is 18.9 Å². The standard InChI is InChI=1S/C23H24ClF3N4O/c1-31(12-13-2-3-13)7-6-28-21-11-16-15(10-19(26)22(27)23(16)29-21)20(30-32)9-14-4-5-18(25)17(24)8-14/h4-5,8,10,13,32H,2-3,6-7,9,11-12H2,1H3,(H,28,29)/b30-20+. The molecule has 0 spiro atoms. The zero-order valence-electron chi connectivity index (χ0n) is 17.6. The van der Waals surface area contributed by atoms with Gasteiger partial charge < -0.3 is 15.4 Å². The van der Waals surface area contributed by atoms with E-state index in [1.165, 1.54) is 31.0 Å². The second kappa shape index (κ2) is 9.50. The summed E-state index contributed by atoms with van der Waals surface area (Å²) in [5.74, 6) is -1.31. The summed E-state index contributed by atoms with van der Waals surface area (Å²) in [4.78, 5) is 6.74. The molecule has 2 aliphatic rings. The van der Waals surface area contributed by atoms with E-state index in [1.54, 1.807) is 0 Å². The minimum atomic E-state index is -1.06. The van der Waals surface area contributed by atoms with Gasteiger partial charge in [-0.3, -0.25) is 4.99 Å². The molecule has 9 heteroatoms. The van der Waals surface area contributed by atoms with E-state index in [4.69, 9.17) is 11.6 Å². The van der Waals surface area contributed by atoms with Gasteiger partial charge in [0.2, 0.25) is 0 Å². The normalized spacial score (nSPS) is 17.2. The number of fused-ring (bicyclic) bond motifs is 1. The molecule has 1 fully saturated rings. The number of hydrogen-bond acceptors (Lipinski definition) is 4. The Morgan fingerprint density at radius 2 is 2.00 bits per heavy atom. The molecule has 0 bridgehead atoms. The van der Waals surface area contributed by atoms with Gasteiger partial charge in [-0.2, -0.15) is 0 Å². The minimum Gasteiger partial charge on any atom is -0.411 e. The summed E-state index contributed by atoms with van der Waals surface area (Å²) in [7, 11) is 2.05. The van der Waals surface area contributed by atoms with Gasteiger partial charge in [0.15, 0.2) is 11.6 Å². The molecular formula is C23H24ClF3N4O. The van der Waals surface area contributed by atoms with Crippen LogP contribution < -0.4 is 5.32 Å². The van der Waals surface area contributed by atoms with Crippen molar-refractivity contribution in [3.8, 4) is 0 Å². The van der Waals surface area contributed by atoms with E-state index in [2.05, 4.69) is 20.4 Å². The molecule has 1 heterocycles. The average molecular weight is 465 g/mol. The van der Waals surface area contributed by atoms with E-state index in [0.717, 1.165) is 25.1 Å². The molecule has 1 aliphatic carbocycles. The smallest absolute Gasteiger partial charge is 0.182 e. The Morgan fingerprint density at radius 1 is 1.22 bits per heavy atom. The maximum absolute atomic E-state index is 14.5. The number of benzene rings is 2. The lowest BCUT2D eigenvalue weighted by molar-refractivity contribution is 0.318. The molecule has 0 atom stereocenters. The average Bonchev–Trinajstić information content (AvgIpc) is 3.47. The number of likely N-dealkylation sites (N-methyl/N-ethyl adjacent to an activating group) is 1. The molecule has 4 rings (SSSR count).